The van der Waals surface area contributed by atoms with Gasteiger partial charge in [-0.3, -0.25) is 9.89 Å². The van der Waals surface area contributed by atoms with Gasteiger partial charge in [-0.1, -0.05) is 0 Å². The Balaban J connectivity index is 1.99. The number of rotatable bonds is 3. The predicted octanol–water partition coefficient (Wildman–Crippen LogP) is 1.95. The van der Waals surface area contributed by atoms with Crippen LogP contribution in [0.15, 0.2) is 28.9 Å². The molecule has 0 spiro atoms. The van der Waals surface area contributed by atoms with Crippen LogP contribution < -0.4 is 5.32 Å². The second-order valence-corrected chi connectivity index (χ2v) is 3.43. The van der Waals surface area contributed by atoms with Gasteiger partial charge in [0.15, 0.2) is 5.69 Å². The highest BCUT2D eigenvalue weighted by Crippen LogP contribution is 2.27. The van der Waals surface area contributed by atoms with E-state index in [1.54, 1.807) is 17.2 Å². The van der Waals surface area contributed by atoms with Crippen LogP contribution in [0.5, 0.6) is 0 Å². The third-order valence-corrected chi connectivity index (χ3v) is 2.12. The van der Waals surface area contributed by atoms with Crippen molar-refractivity contribution in [2.24, 2.45) is 0 Å². The Morgan fingerprint density at radius 1 is 1.50 bits per heavy atom. The number of halogens is 3. The van der Waals surface area contributed by atoms with Gasteiger partial charge in [-0.2, -0.15) is 18.3 Å². The highest BCUT2D eigenvalue weighted by molar-refractivity contribution is 5.92. The molecule has 0 unspecified atom stereocenters. The summed E-state index contributed by atoms with van der Waals surface area (Å²) in [5.74, 6) is -0.215. The molecular weight excluding hydrogens is 251 g/mol. The molecule has 0 radical (unpaired) electrons. The molecule has 0 atom stereocenters. The van der Waals surface area contributed by atoms with E-state index in [0.717, 1.165) is 0 Å². The zero-order valence-electron chi connectivity index (χ0n) is 8.91. The first-order chi connectivity index (χ1) is 8.47. The molecule has 2 heterocycles. The van der Waals surface area contributed by atoms with Crippen LogP contribution in [0.25, 0.3) is 0 Å². The normalized spacial score (nSPS) is 11.5. The van der Waals surface area contributed by atoms with Gasteiger partial charge in [-0.15, -0.1) is 0 Å². The number of carbonyl (C=O) groups is 1. The standard InChI is InChI=1S/C10H8F3N3O2/c11-10(12,13)8-4-7(15-16-8)9(17)14-5-6-2-1-3-18-6/h1-4H,5H2,(H,14,17)(H,15,16). The quantitative estimate of drug-likeness (QED) is 0.885. The Kier molecular flexibility index (Phi) is 3.09. The SMILES string of the molecule is O=C(NCc1ccco1)c1cc(C(F)(F)F)[nH]n1. The number of hydrogen-bond acceptors (Lipinski definition) is 3. The van der Waals surface area contributed by atoms with Gasteiger partial charge in [0, 0.05) is 6.07 Å². The van der Waals surface area contributed by atoms with E-state index in [1.807, 2.05) is 0 Å². The Labute approximate surface area is 99.0 Å². The molecule has 2 rings (SSSR count). The number of H-pyrrole nitrogens is 1. The Bertz CT molecular complexity index is 531. The van der Waals surface area contributed by atoms with Gasteiger partial charge in [-0.25, -0.2) is 0 Å². The zero-order chi connectivity index (χ0) is 13.2. The van der Waals surface area contributed by atoms with Crippen LogP contribution in [-0.4, -0.2) is 16.1 Å². The number of aromatic amines is 1. The molecule has 5 nitrogen and oxygen atoms in total. The van der Waals surface area contributed by atoms with E-state index in [0.29, 0.717) is 11.8 Å². The van der Waals surface area contributed by atoms with Crippen LogP contribution in [0.4, 0.5) is 13.2 Å². The summed E-state index contributed by atoms with van der Waals surface area (Å²) in [5.41, 5.74) is -1.39. The number of hydrogen-bond donors (Lipinski definition) is 2. The summed E-state index contributed by atoms with van der Waals surface area (Å²) in [5, 5.41) is 7.44. The number of nitrogens with zero attached hydrogens (tertiary/aromatic N) is 1. The molecule has 2 N–H and O–H groups in total. The van der Waals surface area contributed by atoms with Crippen molar-refractivity contribution in [1.82, 2.24) is 15.5 Å². The topological polar surface area (TPSA) is 70.9 Å². The molecule has 0 aromatic carbocycles. The van der Waals surface area contributed by atoms with E-state index in [4.69, 9.17) is 4.42 Å². The zero-order valence-corrected chi connectivity index (χ0v) is 8.91. The summed E-state index contributed by atoms with van der Waals surface area (Å²) < 4.78 is 41.7. The molecule has 2 aromatic heterocycles. The van der Waals surface area contributed by atoms with Crippen LogP contribution in [-0.2, 0) is 12.7 Å². The number of amides is 1. The second-order valence-electron chi connectivity index (χ2n) is 3.43. The van der Waals surface area contributed by atoms with Crippen molar-refractivity contribution >= 4 is 5.91 Å². The van der Waals surface area contributed by atoms with Crippen molar-refractivity contribution < 1.29 is 22.4 Å². The minimum Gasteiger partial charge on any atom is -0.467 e. The maximum atomic E-state index is 12.3. The number of carbonyl (C=O) groups excluding carboxylic acids is 1. The van der Waals surface area contributed by atoms with E-state index in [2.05, 4.69) is 10.4 Å². The van der Waals surface area contributed by atoms with E-state index < -0.39 is 17.8 Å². The van der Waals surface area contributed by atoms with Gasteiger partial charge in [0.1, 0.15) is 11.5 Å². The monoisotopic (exact) mass is 259 g/mol. The van der Waals surface area contributed by atoms with E-state index in [9.17, 15) is 18.0 Å². The van der Waals surface area contributed by atoms with Gasteiger partial charge >= 0.3 is 6.18 Å². The smallest absolute Gasteiger partial charge is 0.432 e. The van der Waals surface area contributed by atoms with E-state index in [1.165, 1.54) is 6.26 Å². The van der Waals surface area contributed by atoms with Crippen molar-refractivity contribution in [1.29, 1.82) is 0 Å². The van der Waals surface area contributed by atoms with Gasteiger partial charge in [-0.05, 0) is 12.1 Å². The lowest BCUT2D eigenvalue weighted by atomic mass is 10.3. The predicted molar refractivity (Wildman–Crippen MR) is 53.5 cm³/mol. The first-order valence-electron chi connectivity index (χ1n) is 4.90. The largest absolute Gasteiger partial charge is 0.467 e. The summed E-state index contributed by atoms with van der Waals surface area (Å²) in [6.45, 7) is 0.0834. The summed E-state index contributed by atoms with van der Waals surface area (Å²) in [6, 6.07) is 3.92. The number of furan rings is 1. The van der Waals surface area contributed by atoms with Crippen LogP contribution >= 0.6 is 0 Å². The molecule has 96 valence electrons. The lowest BCUT2D eigenvalue weighted by molar-refractivity contribution is -0.141. The molecule has 8 heteroatoms. The van der Waals surface area contributed by atoms with Crippen molar-refractivity contribution in [3.63, 3.8) is 0 Å². The number of nitrogens with one attached hydrogen (secondary N) is 2. The maximum Gasteiger partial charge on any atom is 0.432 e. The summed E-state index contributed by atoms with van der Waals surface area (Å²) in [7, 11) is 0. The van der Waals surface area contributed by atoms with E-state index in [-0.39, 0.29) is 12.2 Å². The summed E-state index contributed by atoms with van der Waals surface area (Å²) in [6.07, 6.45) is -3.12. The lowest BCUT2D eigenvalue weighted by Crippen LogP contribution is -2.22. The van der Waals surface area contributed by atoms with Crippen LogP contribution in [0.1, 0.15) is 21.9 Å². The molecule has 0 bridgehead atoms. The molecule has 18 heavy (non-hydrogen) atoms. The summed E-state index contributed by atoms with van der Waals surface area (Å²) in [4.78, 5) is 11.5. The lowest BCUT2D eigenvalue weighted by Gasteiger charge is -2.00. The average Bonchev–Trinajstić information content (AvgIpc) is 2.96. The molecule has 1 amide bonds. The first kappa shape index (κ1) is 12.2. The molecule has 2 aromatic rings. The van der Waals surface area contributed by atoms with Gasteiger partial charge in [0.05, 0.1) is 12.8 Å². The minimum absolute atomic E-state index is 0.0834. The van der Waals surface area contributed by atoms with Crippen molar-refractivity contribution in [2.45, 2.75) is 12.7 Å². The fourth-order valence-electron chi connectivity index (χ4n) is 1.25. The molecule has 0 aliphatic carbocycles. The van der Waals surface area contributed by atoms with Crippen molar-refractivity contribution in [3.8, 4) is 0 Å². The average molecular weight is 259 g/mol. The Morgan fingerprint density at radius 2 is 2.28 bits per heavy atom. The second kappa shape index (κ2) is 4.55. The highest BCUT2D eigenvalue weighted by Gasteiger charge is 2.33. The third-order valence-electron chi connectivity index (χ3n) is 2.12. The van der Waals surface area contributed by atoms with Crippen LogP contribution in [0, 0.1) is 0 Å². The summed E-state index contributed by atoms with van der Waals surface area (Å²) >= 11 is 0. The van der Waals surface area contributed by atoms with Gasteiger partial charge < -0.3 is 9.73 Å². The van der Waals surface area contributed by atoms with E-state index >= 15 is 0 Å². The van der Waals surface area contributed by atoms with Crippen LogP contribution in [0.2, 0.25) is 0 Å². The van der Waals surface area contributed by atoms with Gasteiger partial charge in [0.25, 0.3) is 5.91 Å². The van der Waals surface area contributed by atoms with Crippen molar-refractivity contribution in [3.05, 3.63) is 41.6 Å². The Morgan fingerprint density at radius 3 is 2.83 bits per heavy atom. The third kappa shape index (κ3) is 2.70. The molecule has 0 aliphatic heterocycles. The first-order valence-corrected chi connectivity index (χ1v) is 4.90. The number of aromatic nitrogens is 2. The maximum absolute atomic E-state index is 12.3. The minimum atomic E-state index is -4.55. The Hall–Kier alpha value is -2.25. The highest BCUT2D eigenvalue weighted by atomic mass is 19.4. The van der Waals surface area contributed by atoms with Crippen LogP contribution in [0.3, 0.4) is 0 Å². The number of alkyl halides is 3. The molecular formula is C10H8F3N3O2. The molecule has 0 saturated heterocycles. The fourth-order valence-corrected chi connectivity index (χ4v) is 1.25. The molecule has 0 aliphatic rings. The molecule has 0 fully saturated rings. The van der Waals surface area contributed by atoms with Gasteiger partial charge in [0.2, 0.25) is 0 Å². The van der Waals surface area contributed by atoms with Crippen molar-refractivity contribution in [2.75, 3.05) is 0 Å². The molecule has 0 saturated carbocycles. The fraction of sp³-hybridized carbons (Fsp3) is 0.200.